The van der Waals surface area contributed by atoms with Gasteiger partial charge < -0.3 is 4.74 Å². The molecule has 0 N–H and O–H groups in total. The molecule has 0 saturated carbocycles. The monoisotopic (exact) mass is 292 g/mol. The van der Waals surface area contributed by atoms with Crippen molar-refractivity contribution in [1.29, 1.82) is 0 Å². The van der Waals surface area contributed by atoms with Crippen molar-refractivity contribution in [3.8, 4) is 0 Å². The third-order valence-electron chi connectivity index (χ3n) is 2.88. The van der Waals surface area contributed by atoms with E-state index in [0.717, 1.165) is 13.2 Å². The van der Waals surface area contributed by atoms with Gasteiger partial charge in [-0.2, -0.15) is 0 Å². The quantitative estimate of drug-likeness (QED) is 0.536. The normalized spacial score (nSPS) is 11.8. The van der Waals surface area contributed by atoms with E-state index in [9.17, 15) is 0 Å². The van der Waals surface area contributed by atoms with Gasteiger partial charge in [0.1, 0.15) is 0 Å². The molecule has 0 heterocycles. The highest BCUT2D eigenvalue weighted by atomic mass is 31.1. The molecule has 2 rings (SSSR count). The van der Waals surface area contributed by atoms with Crippen LogP contribution < -0.4 is 10.6 Å². The van der Waals surface area contributed by atoms with E-state index in [2.05, 4.69) is 60.7 Å². The molecule has 19 heavy (non-hydrogen) atoms. The number of rotatable bonds is 8. The molecule has 2 aromatic rings. The lowest BCUT2D eigenvalue weighted by Gasteiger charge is -1.99. The molecule has 0 spiro atoms. The summed E-state index contributed by atoms with van der Waals surface area (Å²) >= 11 is 0. The lowest BCUT2D eigenvalue weighted by molar-refractivity contribution is 0.166. The van der Waals surface area contributed by atoms with Crippen molar-refractivity contribution in [1.82, 2.24) is 0 Å². The van der Waals surface area contributed by atoms with Crippen LogP contribution in [0.25, 0.3) is 0 Å². The largest absolute Gasteiger partial charge is 0.374 e. The second kappa shape index (κ2) is 9.21. The predicted octanol–water partition coefficient (Wildman–Crippen LogP) is 2.48. The number of benzene rings is 2. The minimum Gasteiger partial charge on any atom is -0.374 e. The maximum absolute atomic E-state index is 5.72. The van der Waals surface area contributed by atoms with Crippen LogP contribution in [0.4, 0.5) is 0 Å². The van der Waals surface area contributed by atoms with Gasteiger partial charge in [0.2, 0.25) is 0 Å². The fourth-order valence-corrected chi connectivity index (χ4v) is 4.12. The van der Waals surface area contributed by atoms with Gasteiger partial charge in [0, 0.05) is 17.2 Å². The second-order valence-electron chi connectivity index (χ2n) is 4.42. The third-order valence-corrected chi connectivity index (χ3v) is 5.64. The molecule has 0 bridgehead atoms. The fraction of sp³-hybridized carbons (Fsp3) is 0.250. The van der Waals surface area contributed by atoms with Crippen LogP contribution in [0.5, 0.6) is 0 Å². The summed E-state index contributed by atoms with van der Waals surface area (Å²) in [5.41, 5.74) is 0. The van der Waals surface area contributed by atoms with Crippen molar-refractivity contribution in [3.63, 3.8) is 0 Å². The first-order chi connectivity index (χ1) is 9.45. The van der Waals surface area contributed by atoms with Gasteiger partial charge in [-0.3, -0.25) is 0 Å². The van der Waals surface area contributed by atoms with Gasteiger partial charge in [0.25, 0.3) is 0 Å². The Labute approximate surface area is 119 Å². The first-order valence-electron chi connectivity index (χ1n) is 6.79. The lowest BCUT2D eigenvalue weighted by atomic mass is 10.4. The Morgan fingerprint density at radius 2 is 1.05 bits per heavy atom. The summed E-state index contributed by atoms with van der Waals surface area (Å²) in [6, 6.07) is 21.5. The zero-order chi connectivity index (χ0) is 13.2. The van der Waals surface area contributed by atoms with Crippen molar-refractivity contribution in [2.45, 2.75) is 0 Å². The Bertz CT molecular complexity index is 401. The molecule has 2 aromatic carbocycles. The second-order valence-corrected chi connectivity index (χ2v) is 7.72. The Balaban J connectivity index is 1.49. The molecule has 0 aliphatic heterocycles. The predicted molar refractivity (Wildman–Crippen MR) is 92.1 cm³/mol. The third kappa shape index (κ3) is 6.30. The van der Waals surface area contributed by atoms with Crippen LogP contribution >= 0.6 is 17.2 Å². The van der Waals surface area contributed by atoms with Gasteiger partial charge in [-0.05, 0) is 24.3 Å². The van der Waals surface area contributed by atoms with Gasteiger partial charge in [0.05, 0.1) is 36.1 Å². The van der Waals surface area contributed by atoms with Gasteiger partial charge in [0.15, 0.2) is 0 Å². The summed E-state index contributed by atoms with van der Waals surface area (Å²) in [4.78, 5) is 0. The maximum atomic E-state index is 5.72. The van der Waals surface area contributed by atoms with E-state index < -0.39 is 0 Å². The number of hydrogen-bond acceptors (Lipinski definition) is 1. The lowest BCUT2D eigenvalue weighted by Crippen LogP contribution is -2.04. The molecule has 0 amide bonds. The van der Waals surface area contributed by atoms with Crippen LogP contribution in [0.3, 0.4) is 0 Å². The van der Waals surface area contributed by atoms with E-state index in [1.807, 2.05) is 0 Å². The minimum atomic E-state index is 0.378. The van der Waals surface area contributed by atoms with E-state index >= 15 is 0 Å². The molecular formula is C16H22OP2+2. The van der Waals surface area contributed by atoms with E-state index in [-0.39, 0.29) is 0 Å². The first-order valence-corrected chi connectivity index (χ1v) is 9.58. The average molecular weight is 292 g/mol. The van der Waals surface area contributed by atoms with Gasteiger partial charge in [-0.25, -0.2) is 0 Å². The molecular weight excluding hydrogens is 270 g/mol. The van der Waals surface area contributed by atoms with E-state index in [1.54, 1.807) is 0 Å². The van der Waals surface area contributed by atoms with Gasteiger partial charge in [-0.1, -0.05) is 36.4 Å². The number of ether oxygens (including phenoxy) is 1. The summed E-state index contributed by atoms with van der Waals surface area (Å²) in [6.07, 6.45) is 2.40. The molecule has 2 unspecified atom stereocenters. The van der Waals surface area contributed by atoms with Gasteiger partial charge >= 0.3 is 0 Å². The molecule has 0 fully saturated rings. The van der Waals surface area contributed by atoms with E-state index in [4.69, 9.17) is 4.74 Å². The Morgan fingerprint density at radius 1 is 0.632 bits per heavy atom. The molecule has 0 aliphatic rings. The summed E-state index contributed by atoms with van der Waals surface area (Å²) < 4.78 is 5.72. The van der Waals surface area contributed by atoms with E-state index in [1.165, 1.54) is 22.9 Å². The summed E-state index contributed by atoms with van der Waals surface area (Å²) in [7, 11) is 0.756. The van der Waals surface area contributed by atoms with Crippen LogP contribution in [0.15, 0.2) is 60.7 Å². The Morgan fingerprint density at radius 3 is 1.47 bits per heavy atom. The zero-order valence-corrected chi connectivity index (χ0v) is 13.5. The van der Waals surface area contributed by atoms with Crippen LogP contribution in [0, 0.1) is 0 Å². The van der Waals surface area contributed by atoms with Gasteiger partial charge in [-0.15, -0.1) is 0 Å². The van der Waals surface area contributed by atoms with E-state index in [0.29, 0.717) is 17.2 Å². The van der Waals surface area contributed by atoms with Crippen molar-refractivity contribution < 1.29 is 4.74 Å². The first kappa shape index (κ1) is 14.7. The van der Waals surface area contributed by atoms with Crippen molar-refractivity contribution >= 4 is 27.8 Å². The highest BCUT2D eigenvalue weighted by Crippen LogP contribution is 2.10. The standard InChI is InChI=1S/C16H20OP2/c1-3-7-15(8-4-1)18-13-11-17-12-14-19-16-9-5-2-6-10-16/h1-10,18-19H,11-14H2/p+2. The van der Waals surface area contributed by atoms with Crippen molar-refractivity contribution in [3.05, 3.63) is 60.7 Å². The smallest absolute Gasteiger partial charge is 0.0890 e. The molecule has 1 nitrogen and oxygen atoms in total. The minimum absolute atomic E-state index is 0.378. The maximum Gasteiger partial charge on any atom is 0.0890 e. The molecule has 0 aromatic heterocycles. The topological polar surface area (TPSA) is 9.23 Å². The summed E-state index contributed by atoms with van der Waals surface area (Å²) in [5, 5.41) is 2.97. The Hall–Kier alpha value is -0.740. The fourth-order valence-electron chi connectivity index (χ4n) is 1.90. The molecule has 3 heteroatoms. The molecule has 0 aliphatic carbocycles. The summed E-state index contributed by atoms with van der Waals surface area (Å²) in [5.74, 6) is 0. The molecule has 0 radical (unpaired) electrons. The van der Waals surface area contributed by atoms with Crippen molar-refractivity contribution in [2.75, 3.05) is 25.5 Å². The van der Waals surface area contributed by atoms with Crippen LogP contribution in [-0.2, 0) is 4.74 Å². The molecule has 2 atom stereocenters. The summed E-state index contributed by atoms with van der Waals surface area (Å²) in [6.45, 7) is 1.83. The van der Waals surface area contributed by atoms with Crippen LogP contribution in [0.2, 0.25) is 0 Å². The Kier molecular flexibility index (Phi) is 7.11. The zero-order valence-electron chi connectivity index (χ0n) is 11.2. The van der Waals surface area contributed by atoms with Crippen molar-refractivity contribution in [2.24, 2.45) is 0 Å². The molecule has 100 valence electrons. The van der Waals surface area contributed by atoms with Crippen LogP contribution in [-0.4, -0.2) is 25.5 Å². The highest BCUT2D eigenvalue weighted by Gasteiger charge is 2.01. The average Bonchev–Trinajstić information content (AvgIpc) is 2.48. The number of hydrogen-bond donors (Lipinski definition) is 0. The molecule has 0 saturated heterocycles. The van der Waals surface area contributed by atoms with Crippen LogP contribution in [0.1, 0.15) is 0 Å². The highest BCUT2D eigenvalue weighted by molar-refractivity contribution is 7.47. The SMILES string of the molecule is c1ccc([PH2+]CCOCC[PH2+]c2ccccc2)cc1.